The highest BCUT2D eigenvalue weighted by atomic mass is 35.5. The molecule has 4 nitrogen and oxygen atoms in total. The van der Waals surface area contributed by atoms with E-state index in [0.717, 1.165) is 27.8 Å². The Morgan fingerprint density at radius 2 is 2.12 bits per heavy atom. The maximum atomic E-state index is 14.1. The molecule has 0 radical (unpaired) electrons. The minimum absolute atomic E-state index is 0.325. The smallest absolute Gasteiger partial charge is 0.336 e. The van der Waals surface area contributed by atoms with E-state index in [1.54, 1.807) is 12.1 Å². The molecular formula is C20H18ClFNO3+. The number of hydrogen-bond donors (Lipinski definition) is 1. The average molecular weight is 375 g/mol. The summed E-state index contributed by atoms with van der Waals surface area (Å²) in [6.45, 7) is 3.34. The highest BCUT2D eigenvalue weighted by Crippen LogP contribution is 2.30. The molecule has 1 N–H and O–H groups in total. The number of rotatable bonds is 3. The zero-order valence-corrected chi connectivity index (χ0v) is 15.0. The van der Waals surface area contributed by atoms with Gasteiger partial charge in [0.05, 0.1) is 16.1 Å². The normalized spacial score (nSPS) is 16.3. The van der Waals surface area contributed by atoms with Gasteiger partial charge in [0.25, 0.3) is 0 Å². The van der Waals surface area contributed by atoms with E-state index in [-0.39, 0.29) is 11.4 Å². The van der Waals surface area contributed by atoms with Crippen molar-refractivity contribution in [3.8, 4) is 5.75 Å². The first-order chi connectivity index (χ1) is 12.6. The van der Waals surface area contributed by atoms with E-state index in [2.05, 4.69) is 0 Å². The zero-order chi connectivity index (χ0) is 18.3. The molecule has 2 aromatic carbocycles. The maximum Gasteiger partial charge on any atom is 0.336 e. The second kappa shape index (κ2) is 6.74. The van der Waals surface area contributed by atoms with E-state index in [0.29, 0.717) is 41.7 Å². The van der Waals surface area contributed by atoms with Crippen LogP contribution in [0.4, 0.5) is 4.39 Å². The van der Waals surface area contributed by atoms with E-state index in [9.17, 15) is 9.18 Å². The summed E-state index contributed by atoms with van der Waals surface area (Å²) in [6, 6.07) is 10.0. The van der Waals surface area contributed by atoms with Crippen LogP contribution in [0, 0.1) is 5.82 Å². The van der Waals surface area contributed by atoms with E-state index in [4.69, 9.17) is 20.8 Å². The monoisotopic (exact) mass is 374 g/mol. The molecule has 0 fully saturated rings. The van der Waals surface area contributed by atoms with Gasteiger partial charge in [-0.3, -0.25) is 4.90 Å². The number of aryl methyl sites for hydroxylation is 1. The van der Waals surface area contributed by atoms with Crippen molar-refractivity contribution in [3.63, 3.8) is 0 Å². The van der Waals surface area contributed by atoms with Crippen LogP contribution >= 0.6 is 11.6 Å². The lowest BCUT2D eigenvalue weighted by Crippen LogP contribution is -3.11. The van der Waals surface area contributed by atoms with Gasteiger partial charge in [-0.2, -0.15) is 0 Å². The second-order valence-electron chi connectivity index (χ2n) is 6.46. The van der Waals surface area contributed by atoms with Crippen molar-refractivity contribution in [2.24, 2.45) is 0 Å². The van der Waals surface area contributed by atoms with Gasteiger partial charge >= 0.3 is 5.63 Å². The van der Waals surface area contributed by atoms with Gasteiger partial charge in [-0.1, -0.05) is 24.6 Å². The molecule has 134 valence electrons. The average Bonchev–Trinajstić information content (AvgIpc) is 2.64. The summed E-state index contributed by atoms with van der Waals surface area (Å²) < 4.78 is 25.5. The first kappa shape index (κ1) is 17.1. The van der Waals surface area contributed by atoms with Crippen LogP contribution in [0.5, 0.6) is 5.75 Å². The summed E-state index contributed by atoms with van der Waals surface area (Å²) in [5.41, 5.74) is 2.44. The molecule has 1 atom stereocenters. The summed E-state index contributed by atoms with van der Waals surface area (Å²) in [7, 11) is 0. The van der Waals surface area contributed by atoms with Crippen LogP contribution < -0.4 is 15.3 Å². The molecule has 1 unspecified atom stereocenters. The van der Waals surface area contributed by atoms with Crippen molar-refractivity contribution in [3.05, 3.63) is 74.3 Å². The molecule has 0 amide bonds. The molecule has 26 heavy (non-hydrogen) atoms. The molecule has 1 aromatic heterocycles. The van der Waals surface area contributed by atoms with E-state index in [1.807, 2.05) is 19.1 Å². The van der Waals surface area contributed by atoms with Gasteiger partial charge < -0.3 is 9.15 Å². The SMILES string of the molecule is CCc1cc(=O)oc2c3c(ccc12)OC[NH+](Cc1c(F)cccc1Cl)C3. The maximum absolute atomic E-state index is 14.1. The topological polar surface area (TPSA) is 43.9 Å². The van der Waals surface area contributed by atoms with Crippen molar-refractivity contribution in [2.45, 2.75) is 26.4 Å². The molecule has 1 aliphatic rings. The predicted octanol–water partition coefficient (Wildman–Crippen LogP) is 3.08. The van der Waals surface area contributed by atoms with Gasteiger partial charge in [-0.05, 0) is 36.2 Å². The molecule has 0 saturated carbocycles. The van der Waals surface area contributed by atoms with Gasteiger partial charge in [0.2, 0.25) is 6.73 Å². The third kappa shape index (κ3) is 2.97. The van der Waals surface area contributed by atoms with Crippen LogP contribution in [0.1, 0.15) is 23.6 Å². The lowest BCUT2D eigenvalue weighted by molar-refractivity contribution is -0.945. The predicted molar refractivity (Wildman–Crippen MR) is 97.1 cm³/mol. The summed E-state index contributed by atoms with van der Waals surface area (Å²) in [4.78, 5) is 12.9. The Labute approximate surface area is 154 Å². The lowest BCUT2D eigenvalue weighted by atomic mass is 10.0. The lowest BCUT2D eigenvalue weighted by Gasteiger charge is -2.27. The molecule has 0 saturated heterocycles. The van der Waals surface area contributed by atoms with E-state index in [1.165, 1.54) is 12.1 Å². The number of halogens is 2. The minimum Gasteiger partial charge on any atom is -0.445 e. The van der Waals surface area contributed by atoms with E-state index < -0.39 is 0 Å². The van der Waals surface area contributed by atoms with Crippen molar-refractivity contribution in [1.29, 1.82) is 0 Å². The summed E-state index contributed by atoms with van der Waals surface area (Å²) >= 11 is 6.15. The van der Waals surface area contributed by atoms with Gasteiger partial charge in [0.15, 0.2) is 5.58 Å². The zero-order valence-electron chi connectivity index (χ0n) is 14.3. The van der Waals surface area contributed by atoms with Gasteiger partial charge in [-0.25, -0.2) is 9.18 Å². The fourth-order valence-corrected chi connectivity index (χ4v) is 3.70. The van der Waals surface area contributed by atoms with E-state index >= 15 is 0 Å². The first-order valence-corrected chi connectivity index (χ1v) is 8.92. The van der Waals surface area contributed by atoms with Crippen LogP contribution in [-0.2, 0) is 19.5 Å². The number of fused-ring (bicyclic) bond motifs is 3. The molecule has 0 aliphatic carbocycles. The molecule has 4 rings (SSSR count). The molecule has 1 aliphatic heterocycles. The Balaban J connectivity index is 1.74. The molecule has 0 bridgehead atoms. The number of quaternary nitrogens is 1. The van der Waals surface area contributed by atoms with Gasteiger partial charge in [-0.15, -0.1) is 0 Å². The Bertz CT molecular complexity index is 1030. The Morgan fingerprint density at radius 1 is 1.27 bits per heavy atom. The highest BCUT2D eigenvalue weighted by Gasteiger charge is 2.26. The quantitative estimate of drug-likeness (QED) is 0.716. The summed E-state index contributed by atoms with van der Waals surface area (Å²) in [6.07, 6.45) is 0.739. The summed E-state index contributed by atoms with van der Waals surface area (Å²) in [5, 5.41) is 1.32. The standard InChI is InChI=1S/C20H17ClFNO3/c1-2-12-8-19(24)26-20-13(12)6-7-18-15(20)10-23(11-25-18)9-14-16(21)4-3-5-17(14)22/h3-8H,2,9-11H2,1H3/p+1. The minimum atomic E-state index is -0.368. The van der Waals surface area contributed by atoms with Crippen LogP contribution in [0.25, 0.3) is 11.0 Å². The number of hydrogen-bond acceptors (Lipinski definition) is 3. The molecule has 3 aromatic rings. The van der Waals surface area contributed by atoms with Crippen LogP contribution in [-0.4, -0.2) is 6.73 Å². The summed E-state index contributed by atoms with van der Waals surface area (Å²) in [5.74, 6) is 0.380. The third-order valence-corrected chi connectivity index (χ3v) is 5.14. The third-order valence-electron chi connectivity index (χ3n) is 4.79. The fourth-order valence-electron chi connectivity index (χ4n) is 3.47. The van der Waals surface area contributed by atoms with Crippen molar-refractivity contribution in [1.82, 2.24) is 0 Å². The number of ether oxygens (including phenoxy) is 1. The first-order valence-electron chi connectivity index (χ1n) is 8.54. The highest BCUT2D eigenvalue weighted by molar-refractivity contribution is 6.31. The molecule has 6 heteroatoms. The second-order valence-corrected chi connectivity index (χ2v) is 6.86. The number of benzene rings is 2. The Morgan fingerprint density at radius 3 is 2.88 bits per heavy atom. The Hall–Kier alpha value is -2.37. The van der Waals surface area contributed by atoms with Crippen molar-refractivity contribution in [2.75, 3.05) is 6.73 Å². The van der Waals surface area contributed by atoms with Crippen LogP contribution in [0.3, 0.4) is 0 Å². The molecular weight excluding hydrogens is 357 g/mol. The Kier molecular flexibility index (Phi) is 4.42. The number of nitrogens with one attached hydrogen (secondary N) is 1. The molecule has 2 heterocycles. The largest absolute Gasteiger partial charge is 0.445 e. The van der Waals surface area contributed by atoms with Crippen LogP contribution in [0.15, 0.2) is 45.6 Å². The fraction of sp³-hybridized carbons (Fsp3) is 0.250. The van der Waals surface area contributed by atoms with Crippen molar-refractivity contribution >= 4 is 22.6 Å². The van der Waals surface area contributed by atoms with Gasteiger partial charge in [0.1, 0.15) is 24.7 Å². The van der Waals surface area contributed by atoms with Crippen molar-refractivity contribution < 1.29 is 18.4 Å². The van der Waals surface area contributed by atoms with Crippen LogP contribution in [0.2, 0.25) is 5.02 Å². The van der Waals surface area contributed by atoms with Gasteiger partial charge in [0, 0.05) is 11.5 Å². The molecule has 0 spiro atoms.